The number of rotatable bonds is 7. The van der Waals surface area contributed by atoms with Gasteiger partial charge in [-0.2, -0.15) is 0 Å². The number of thioether (sulfide) groups is 1. The van der Waals surface area contributed by atoms with Gasteiger partial charge in [0.05, 0.1) is 5.75 Å². The molecule has 0 amide bonds. The van der Waals surface area contributed by atoms with Gasteiger partial charge in [0, 0.05) is 13.1 Å². The highest BCUT2D eigenvalue weighted by Crippen LogP contribution is 2.16. The molecule has 0 saturated carbocycles. The number of hydrogen-bond donors (Lipinski definition) is 1. The molecule has 1 aliphatic rings. The van der Waals surface area contributed by atoms with Gasteiger partial charge in [0.1, 0.15) is 0 Å². The van der Waals surface area contributed by atoms with Crippen molar-refractivity contribution in [2.24, 2.45) is 5.92 Å². The number of aromatic nitrogens is 4. The van der Waals surface area contributed by atoms with Crippen LogP contribution in [-0.2, 0) is 11.3 Å². The Balaban J connectivity index is 1.83. The van der Waals surface area contributed by atoms with Gasteiger partial charge in [0.15, 0.2) is 0 Å². The summed E-state index contributed by atoms with van der Waals surface area (Å²) in [5.41, 5.74) is 0. The Hall–Kier alpha value is -1.15. The molecule has 1 atom stereocenters. The maximum absolute atomic E-state index is 10.6. The SMILES string of the molecule is CC(CN1CCCC1)Cn1nnnc1SCC(=O)O. The number of likely N-dealkylation sites (tertiary alicyclic amines) is 1. The van der Waals surface area contributed by atoms with Crippen LogP contribution in [0.3, 0.4) is 0 Å². The van der Waals surface area contributed by atoms with Gasteiger partial charge in [-0.3, -0.25) is 4.79 Å². The molecule has 7 nitrogen and oxygen atoms in total. The minimum atomic E-state index is -0.857. The fourth-order valence-corrected chi connectivity index (χ4v) is 2.91. The molecule has 0 aromatic carbocycles. The fourth-order valence-electron chi connectivity index (χ4n) is 2.30. The minimum Gasteiger partial charge on any atom is -0.481 e. The number of hydrogen-bond acceptors (Lipinski definition) is 6. The van der Waals surface area contributed by atoms with Crippen molar-refractivity contribution >= 4 is 17.7 Å². The third-order valence-corrected chi connectivity index (χ3v) is 4.02. The van der Waals surface area contributed by atoms with Gasteiger partial charge in [-0.1, -0.05) is 18.7 Å². The van der Waals surface area contributed by atoms with Gasteiger partial charge >= 0.3 is 5.97 Å². The summed E-state index contributed by atoms with van der Waals surface area (Å²) in [5.74, 6) is -0.420. The third-order valence-electron chi connectivity index (χ3n) is 3.08. The minimum absolute atomic E-state index is 0.0130. The van der Waals surface area contributed by atoms with Crippen LogP contribution in [0.4, 0.5) is 0 Å². The Morgan fingerprint density at radius 3 is 2.84 bits per heavy atom. The van der Waals surface area contributed by atoms with E-state index >= 15 is 0 Å². The molecule has 19 heavy (non-hydrogen) atoms. The van der Waals surface area contributed by atoms with Crippen molar-refractivity contribution in [2.45, 2.75) is 31.5 Å². The van der Waals surface area contributed by atoms with E-state index in [1.165, 1.54) is 25.9 Å². The van der Waals surface area contributed by atoms with E-state index in [1.807, 2.05) is 0 Å². The van der Waals surface area contributed by atoms with E-state index in [9.17, 15) is 4.79 Å². The molecule has 1 N–H and O–H groups in total. The maximum atomic E-state index is 10.6. The largest absolute Gasteiger partial charge is 0.481 e. The van der Waals surface area contributed by atoms with Gasteiger partial charge in [0.2, 0.25) is 5.16 Å². The van der Waals surface area contributed by atoms with Gasteiger partial charge in [0.25, 0.3) is 0 Å². The first kappa shape index (κ1) is 14.3. The highest BCUT2D eigenvalue weighted by Gasteiger charge is 2.17. The smallest absolute Gasteiger partial charge is 0.313 e. The number of nitrogens with zero attached hydrogens (tertiary/aromatic N) is 5. The summed E-state index contributed by atoms with van der Waals surface area (Å²) in [6, 6.07) is 0. The van der Waals surface area contributed by atoms with E-state index in [1.54, 1.807) is 4.68 Å². The summed E-state index contributed by atoms with van der Waals surface area (Å²) >= 11 is 1.16. The van der Waals surface area contributed by atoms with Crippen molar-refractivity contribution in [1.29, 1.82) is 0 Å². The van der Waals surface area contributed by atoms with E-state index in [-0.39, 0.29) is 5.75 Å². The lowest BCUT2D eigenvalue weighted by molar-refractivity contribution is -0.133. The number of carbonyl (C=O) groups is 1. The van der Waals surface area contributed by atoms with Crippen molar-refractivity contribution in [2.75, 3.05) is 25.4 Å². The van der Waals surface area contributed by atoms with Crippen LogP contribution in [0.2, 0.25) is 0 Å². The van der Waals surface area contributed by atoms with Gasteiger partial charge in [-0.05, 0) is 42.3 Å². The van der Waals surface area contributed by atoms with Crippen LogP contribution in [0.1, 0.15) is 19.8 Å². The van der Waals surface area contributed by atoms with Crippen LogP contribution in [0.5, 0.6) is 0 Å². The number of carboxylic acids is 1. The highest BCUT2D eigenvalue weighted by molar-refractivity contribution is 7.99. The normalized spacial score (nSPS) is 17.7. The molecule has 1 aromatic heterocycles. The zero-order chi connectivity index (χ0) is 13.7. The van der Waals surface area contributed by atoms with Crippen molar-refractivity contribution in [3.63, 3.8) is 0 Å². The third kappa shape index (κ3) is 4.46. The van der Waals surface area contributed by atoms with Crippen LogP contribution < -0.4 is 0 Å². The fraction of sp³-hybridized carbons (Fsp3) is 0.818. The van der Waals surface area contributed by atoms with E-state index in [0.29, 0.717) is 11.1 Å². The molecule has 1 fully saturated rings. The summed E-state index contributed by atoms with van der Waals surface area (Å²) in [6.07, 6.45) is 2.58. The van der Waals surface area contributed by atoms with Crippen LogP contribution in [-0.4, -0.2) is 61.6 Å². The van der Waals surface area contributed by atoms with Crippen LogP contribution >= 0.6 is 11.8 Å². The predicted octanol–water partition coefficient (Wildman–Crippen LogP) is 0.582. The van der Waals surface area contributed by atoms with E-state index < -0.39 is 5.97 Å². The summed E-state index contributed by atoms with van der Waals surface area (Å²) in [5, 5.41) is 20.7. The first-order valence-corrected chi connectivity index (χ1v) is 7.47. The van der Waals surface area contributed by atoms with Crippen LogP contribution in [0, 0.1) is 5.92 Å². The first-order valence-electron chi connectivity index (χ1n) is 6.48. The Kier molecular flexibility index (Phi) is 5.15. The average molecular weight is 285 g/mol. The molecule has 0 aliphatic carbocycles. The summed E-state index contributed by atoms with van der Waals surface area (Å²) in [7, 11) is 0. The van der Waals surface area contributed by atoms with Gasteiger partial charge in [-0.25, -0.2) is 4.68 Å². The molecule has 2 rings (SSSR count). The second kappa shape index (κ2) is 6.85. The number of aliphatic carboxylic acids is 1. The molecule has 1 saturated heterocycles. The molecule has 2 heterocycles. The van der Waals surface area contributed by atoms with Crippen LogP contribution in [0.15, 0.2) is 5.16 Å². The van der Waals surface area contributed by atoms with Crippen molar-refractivity contribution < 1.29 is 9.90 Å². The van der Waals surface area contributed by atoms with Crippen LogP contribution in [0.25, 0.3) is 0 Å². The Bertz CT molecular complexity index is 419. The standard InChI is InChI=1S/C11H19N5O2S/c1-9(6-15-4-2-3-5-15)7-16-11(12-13-14-16)19-8-10(17)18/h9H,2-8H2,1H3,(H,17,18). The molecule has 0 radical (unpaired) electrons. The van der Waals surface area contributed by atoms with Crippen molar-refractivity contribution in [1.82, 2.24) is 25.1 Å². The number of carboxylic acid groups (broad SMARTS) is 1. The molecule has 1 aromatic rings. The molecular weight excluding hydrogens is 266 g/mol. The molecule has 1 aliphatic heterocycles. The Morgan fingerprint density at radius 1 is 1.42 bits per heavy atom. The predicted molar refractivity (Wildman–Crippen MR) is 71.0 cm³/mol. The quantitative estimate of drug-likeness (QED) is 0.734. The lowest BCUT2D eigenvalue weighted by Crippen LogP contribution is -2.28. The zero-order valence-corrected chi connectivity index (χ0v) is 11.8. The molecule has 106 valence electrons. The number of tetrazole rings is 1. The molecule has 1 unspecified atom stereocenters. The van der Waals surface area contributed by atoms with Crippen molar-refractivity contribution in [3.05, 3.63) is 0 Å². The monoisotopic (exact) mass is 285 g/mol. The summed E-state index contributed by atoms with van der Waals surface area (Å²) in [6.45, 7) is 6.31. The Labute approximate surface area is 116 Å². The first-order chi connectivity index (χ1) is 9.15. The lowest BCUT2D eigenvalue weighted by Gasteiger charge is -2.20. The second-order valence-electron chi connectivity index (χ2n) is 4.94. The topological polar surface area (TPSA) is 84.1 Å². The van der Waals surface area contributed by atoms with E-state index in [0.717, 1.165) is 24.9 Å². The van der Waals surface area contributed by atoms with E-state index in [2.05, 4.69) is 27.3 Å². The van der Waals surface area contributed by atoms with Gasteiger partial charge < -0.3 is 10.0 Å². The average Bonchev–Trinajstić information content (AvgIpc) is 2.98. The molecule has 0 bridgehead atoms. The molecular formula is C11H19N5O2S. The van der Waals surface area contributed by atoms with E-state index in [4.69, 9.17) is 5.11 Å². The Morgan fingerprint density at radius 2 is 2.16 bits per heavy atom. The highest BCUT2D eigenvalue weighted by atomic mass is 32.2. The molecule has 8 heteroatoms. The second-order valence-corrected chi connectivity index (χ2v) is 5.88. The van der Waals surface area contributed by atoms with Crippen molar-refractivity contribution in [3.8, 4) is 0 Å². The van der Waals surface area contributed by atoms with Gasteiger partial charge in [-0.15, -0.1) is 5.10 Å². The summed E-state index contributed by atoms with van der Waals surface area (Å²) in [4.78, 5) is 13.0. The lowest BCUT2D eigenvalue weighted by atomic mass is 10.2. The zero-order valence-electron chi connectivity index (χ0n) is 11.0. The summed E-state index contributed by atoms with van der Waals surface area (Å²) < 4.78 is 1.70. The molecule has 0 spiro atoms. The maximum Gasteiger partial charge on any atom is 0.313 e.